The van der Waals surface area contributed by atoms with Crippen molar-refractivity contribution in [3.63, 3.8) is 0 Å². The summed E-state index contributed by atoms with van der Waals surface area (Å²) < 4.78 is 1.80. The molecule has 0 fully saturated rings. The van der Waals surface area contributed by atoms with Crippen LogP contribution in [0.3, 0.4) is 0 Å². The van der Waals surface area contributed by atoms with Gasteiger partial charge < -0.3 is 9.67 Å². The maximum atomic E-state index is 12.2. The van der Waals surface area contributed by atoms with Crippen LogP contribution in [0.15, 0.2) is 34.1 Å². The summed E-state index contributed by atoms with van der Waals surface area (Å²) in [6.45, 7) is 0.784. The van der Waals surface area contributed by atoms with E-state index < -0.39 is 0 Å². The van der Waals surface area contributed by atoms with E-state index in [1.807, 2.05) is 6.07 Å². The summed E-state index contributed by atoms with van der Waals surface area (Å²) in [6.07, 6.45) is 1.03. The molecule has 0 saturated carbocycles. The molecule has 0 spiro atoms. The fourth-order valence-corrected chi connectivity index (χ4v) is 3.07. The second kappa shape index (κ2) is 3.56. The predicted molar refractivity (Wildman–Crippen MR) is 65.2 cm³/mol. The van der Waals surface area contributed by atoms with E-state index in [1.165, 1.54) is 0 Å². The first-order valence-corrected chi connectivity index (χ1v) is 6.23. The van der Waals surface area contributed by atoms with Crippen LogP contribution in [0, 0.1) is 0 Å². The molecule has 82 valence electrons. The molecule has 1 aliphatic heterocycles. The van der Waals surface area contributed by atoms with Crippen molar-refractivity contribution in [2.24, 2.45) is 0 Å². The van der Waals surface area contributed by atoms with Crippen molar-refractivity contribution in [2.75, 3.05) is 5.75 Å². The summed E-state index contributed by atoms with van der Waals surface area (Å²) in [5.74, 6) is 1.22. The van der Waals surface area contributed by atoms with E-state index in [2.05, 4.69) is 0 Å². The number of thioether (sulfide) groups is 1. The molecule has 0 aliphatic carbocycles. The monoisotopic (exact) mass is 233 g/mol. The fraction of sp³-hybridized carbons (Fsp3) is 0.250. The van der Waals surface area contributed by atoms with Gasteiger partial charge in [0.1, 0.15) is 5.75 Å². The Kier molecular flexibility index (Phi) is 2.17. The lowest BCUT2D eigenvalue weighted by atomic mass is 10.1. The zero-order chi connectivity index (χ0) is 11.1. The third kappa shape index (κ3) is 1.41. The first kappa shape index (κ1) is 9.78. The molecule has 1 N–H and O–H groups in total. The van der Waals surface area contributed by atoms with E-state index in [0.717, 1.165) is 29.1 Å². The van der Waals surface area contributed by atoms with Gasteiger partial charge in [-0.3, -0.25) is 4.79 Å². The van der Waals surface area contributed by atoms with Gasteiger partial charge in [-0.1, -0.05) is 6.07 Å². The SMILES string of the molecule is O=c1c2cc(O)ccc2cc2n1CCCS2. The molecule has 0 bridgehead atoms. The van der Waals surface area contributed by atoms with Crippen molar-refractivity contribution in [3.8, 4) is 5.75 Å². The number of aromatic nitrogens is 1. The molecule has 0 amide bonds. The average molecular weight is 233 g/mol. The van der Waals surface area contributed by atoms with Gasteiger partial charge in [-0.25, -0.2) is 0 Å². The van der Waals surface area contributed by atoms with Crippen molar-refractivity contribution in [1.29, 1.82) is 0 Å². The van der Waals surface area contributed by atoms with Crippen LogP contribution in [0.1, 0.15) is 6.42 Å². The number of nitrogens with zero attached hydrogens (tertiary/aromatic N) is 1. The van der Waals surface area contributed by atoms with E-state index >= 15 is 0 Å². The molecule has 2 heterocycles. The lowest BCUT2D eigenvalue weighted by molar-refractivity contribution is 0.476. The molecule has 0 unspecified atom stereocenters. The van der Waals surface area contributed by atoms with E-state index in [1.54, 1.807) is 34.5 Å². The second-order valence-corrected chi connectivity index (χ2v) is 5.03. The summed E-state index contributed by atoms with van der Waals surface area (Å²) in [6, 6.07) is 6.98. The molecule has 0 radical (unpaired) electrons. The highest BCUT2D eigenvalue weighted by atomic mass is 32.2. The average Bonchev–Trinajstić information content (AvgIpc) is 2.31. The van der Waals surface area contributed by atoms with Gasteiger partial charge in [0.05, 0.1) is 10.4 Å². The Labute approximate surface area is 96.7 Å². The third-order valence-corrected chi connectivity index (χ3v) is 3.96. The molecule has 1 aromatic heterocycles. The van der Waals surface area contributed by atoms with Gasteiger partial charge in [0.25, 0.3) is 5.56 Å². The third-order valence-electron chi connectivity index (χ3n) is 2.83. The number of phenolic OH excluding ortho intramolecular Hbond substituents is 1. The normalized spacial score (nSPS) is 15.0. The van der Waals surface area contributed by atoms with Crippen LogP contribution in [0.5, 0.6) is 5.75 Å². The van der Waals surface area contributed by atoms with Gasteiger partial charge in [-0.15, -0.1) is 11.8 Å². The van der Waals surface area contributed by atoms with Crippen LogP contribution in [-0.2, 0) is 6.54 Å². The number of hydrogen-bond acceptors (Lipinski definition) is 3. The van der Waals surface area contributed by atoms with E-state index in [-0.39, 0.29) is 11.3 Å². The number of fused-ring (bicyclic) bond motifs is 2. The van der Waals surface area contributed by atoms with E-state index in [9.17, 15) is 9.90 Å². The minimum absolute atomic E-state index is 0.00981. The largest absolute Gasteiger partial charge is 0.508 e. The zero-order valence-corrected chi connectivity index (χ0v) is 9.46. The van der Waals surface area contributed by atoms with Crippen molar-refractivity contribution in [1.82, 2.24) is 4.57 Å². The fourth-order valence-electron chi connectivity index (χ4n) is 2.04. The molecule has 1 aromatic carbocycles. The predicted octanol–water partition coefficient (Wildman–Crippen LogP) is 2.20. The molecule has 3 rings (SSSR count). The van der Waals surface area contributed by atoms with Crippen molar-refractivity contribution in [2.45, 2.75) is 18.0 Å². The highest BCUT2D eigenvalue weighted by molar-refractivity contribution is 7.99. The van der Waals surface area contributed by atoms with Crippen molar-refractivity contribution < 1.29 is 5.11 Å². The molecule has 3 nitrogen and oxygen atoms in total. The lowest BCUT2D eigenvalue weighted by Crippen LogP contribution is -2.24. The summed E-state index contributed by atoms with van der Waals surface area (Å²) >= 11 is 1.72. The minimum atomic E-state index is 0.00981. The number of rotatable bonds is 0. The Morgan fingerprint density at radius 1 is 1.31 bits per heavy atom. The Morgan fingerprint density at radius 3 is 3.06 bits per heavy atom. The molecule has 4 heteroatoms. The summed E-state index contributed by atoms with van der Waals surface area (Å²) in [5, 5.41) is 12.0. The first-order chi connectivity index (χ1) is 7.75. The Balaban J connectivity index is 2.40. The Bertz CT molecular complexity index is 618. The molecular formula is C12H11NO2S. The lowest BCUT2D eigenvalue weighted by Gasteiger charge is -2.18. The summed E-state index contributed by atoms with van der Waals surface area (Å²) in [5.41, 5.74) is 0.00981. The van der Waals surface area contributed by atoms with Gasteiger partial charge in [0.15, 0.2) is 0 Å². The first-order valence-electron chi connectivity index (χ1n) is 5.25. The summed E-state index contributed by atoms with van der Waals surface area (Å²) in [4.78, 5) is 12.2. The van der Waals surface area contributed by atoms with Crippen LogP contribution in [-0.4, -0.2) is 15.4 Å². The quantitative estimate of drug-likeness (QED) is 0.758. The number of aromatic hydroxyl groups is 1. The number of pyridine rings is 1. The molecule has 1 aliphatic rings. The van der Waals surface area contributed by atoms with Gasteiger partial charge in [0, 0.05) is 12.3 Å². The van der Waals surface area contributed by atoms with Crippen LogP contribution in [0.2, 0.25) is 0 Å². The minimum Gasteiger partial charge on any atom is -0.508 e. The molecule has 0 saturated heterocycles. The van der Waals surface area contributed by atoms with E-state index in [4.69, 9.17) is 0 Å². The maximum absolute atomic E-state index is 12.2. The van der Waals surface area contributed by atoms with E-state index in [0.29, 0.717) is 5.39 Å². The highest BCUT2D eigenvalue weighted by Crippen LogP contribution is 2.27. The van der Waals surface area contributed by atoms with Gasteiger partial charge in [-0.05, 0) is 30.0 Å². The number of phenols is 1. The second-order valence-electron chi connectivity index (χ2n) is 3.91. The summed E-state index contributed by atoms with van der Waals surface area (Å²) in [7, 11) is 0. The zero-order valence-electron chi connectivity index (χ0n) is 8.64. The van der Waals surface area contributed by atoms with Crippen LogP contribution >= 0.6 is 11.8 Å². The topological polar surface area (TPSA) is 42.2 Å². The molecular weight excluding hydrogens is 222 g/mol. The number of benzene rings is 1. The Hall–Kier alpha value is -1.42. The van der Waals surface area contributed by atoms with Crippen molar-refractivity contribution >= 4 is 22.5 Å². The molecule has 16 heavy (non-hydrogen) atoms. The number of hydrogen-bond donors (Lipinski definition) is 1. The molecule has 2 aromatic rings. The Morgan fingerprint density at radius 2 is 2.19 bits per heavy atom. The van der Waals surface area contributed by atoms with Crippen LogP contribution < -0.4 is 5.56 Å². The highest BCUT2D eigenvalue weighted by Gasteiger charge is 2.13. The maximum Gasteiger partial charge on any atom is 0.259 e. The van der Waals surface area contributed by atoms with Gasteiger partial charge >= 0.3 is 0 Å². The smallest absolute Gasteiger partial charge is 0.259 e. The van der Waals surface area contributed by atoms with Crippen LogP contribution in [0.4, 0.5) is 0 Å². The standard InChI is InChI=1S/C12H11NO2S/c14-9-3-2-8-6-11-13(4-1-5-16-11)12(15)10(8)7-9/h2-3,6-7,14H,1,4-5H2. The van der Waals surface area contributed by atoms with Crippen molar-refractivity contribution in [3.05, 3.63) is 34.6 Å². The van der Waals surface area contributed by atoms with Crippen LogP contribution in [0.25, 0.3) is 10.8 Å². The van der Waals surface area contributed by atoms with Gasteiger partial charge in [0.2, 0.25) is 0 Å². The molecule has 0 atom stereocenters. The van der Waals surface area contributed by atoms with Gasteiger partial charge in [-0.2, -0.15) is 0 Å².